The third kappa shape index (κ3) is 5.02. The maximum absolute atomic E-state index is 14.2. The molecule has 5 rings (SSSR count). The van der Waals surface area contributed by atoms with Gasteiger partial charge in [-0.1, -0.05) is 25.0 Å². The summed E-state index contributed by atoms with van der Waals surface area (Å²) in [4.78, 5) is 11.1. The second kappa shape index (κ2) is 10.3. The summed E-state index contributed by atoms with van der Waals surface area (Å²) >= 11 is 0. The Hall–Kier alpha value is -3.41. The number of aromatic hydroxyl groups is 1. The van der Waals surface area contributed by atoms with E-state index in [9.17, 15) is 40.3 Å². The largest absolute Gasteiger partial charge is 0.507 e. The number of hydrogen-bond donors (Lipinski definition) is 2. The van der Waals surface area contributed by atoms with Crippen LogP contribution in [0.3, 0.4) is 0 Å². The topological polar surface area (TPSA) is 96.6 Å². The summed E-state index contributed by atoms with van der Waals surface area (Å²) in [5.41, 5.74) is 0.103. The zero-order valence-corrected chi connectivity index (χ0v) is 21.3. The lowest BCUT2D eigenvalue weighted by Gasteiger charge is -2.22. The first-order chi connectivity index (χ1) is 18.5. The molecule has 0 saturated heterocycles. The van der Waals surface area contributed by atoms with Crippen LogP contribution in [0.5, 0.6) is 5.75 Å². The molecule has 6 nitrogen and oxygen atoms in total. The molecule has 2 aliphatic rings. The van der Waals surface area contributed by atoms with Gasteiger partial charge < -0.3 is 9.52 Å². The number of aryl methyl sites for hydroxylation is 1. The molecule has 1 unspecified atom stereocenters. The molecule has 0 amide bonds. The van der Waals surface area contributed by atoms with Crippen molar-refractivity contribution in [2.45, 2.75) is 62.2 Å². The van der Waals surface area contributed by atoms with Crippen molar-refractivity contribution in [2.24, 2.45) is 5.92 Å². The lowest BCUT2D eigenvalue weighted by atomic mass is 9.85. The monoisotopic (exact) mass is 569 g/mol. The highest BCUT2D eigenvalue weighted by atomic mass is 32.2. The highest BCUT2D eigenvalue weighted by Gasteiger charge is 2.39. The van der Waals surface area contributed by atoms with E-state index >= 15 is 0 Å². The van der Waals surface area contributed by atoms with Crippen LogP contribution in [0.15, 0.2) is 38.4 Å². The molecule has 2 aliphatic carbocycles. The SMILES string of the molecule is O=c1oc2c(c(O)c1C(c1cccc(NS(=O)(=O)c3c(F)c(F)c(F)c(F)c3F)c1)C1CC1)CCCCCC2. The fourth-order valence-corrected chi connectivity index (χ4v) is 6.41. The average molecular weight is 570 g/mol. The third-order valence-electron chi connectivity index (χ3n) is 7.23. The normalized spacial score (nSPS) is 16.7. The highest BCUT2D eigenvalue weighted by molar-refractivity contribution is 7.92. The molecular formula is C27H24F5NO5S. The average Bonchev–Trinajstić information content (AvgIpc) is 3.70. The van der Waals surface area contributed by atoms with E-state index in [0.717, 1.165) is 38.5 Å². The van der Waals surface area contributed by atoms with Crippen LogP contribution in [-0.2, 0) is 22.9 Å². The lowest BCUT2D eigenvalue weighted by Crippen LogP contribution is -2.20. The number of fused-ring (bicyclic) bond motifs is 1. The summed E-state index contributed by atoms with van der Waals surface area (Å²) in [6.07, 6.45) is 6.12. The number of hydrogen-bond acceptors (Lipinski definition) is 5. The van der Waals surface area contributed by atoms with Crippen molar-refractivity contribution < 1.29 is 39.9 Å². The van der Waals surface area contributed by atoms with Gasteiger partial charge in [0, 0.05) is 23.6 Å². The number of sulfonamides is 1. The highest BCUT2D eigenvalue weighted by Crippen LogP contribution is 2.49. The molecule has 1 saturated carbocycles. The Morgan fingerprint density at radius 3 is 2.15 bits per heavy atom. The Labute approximate surface area is 220 Å². The minimum atomic E-state index is -5.26. The molecule has 1 heterocycles. The zero-order valence-electron chi connectivity index (χ0n) is 20.5. The molecular weight excluding hydrogens is 545 g/mol. The summed E-state index contributed by atoms with van der Waals surface area (Å²) < 4.78 is 102. The van der Waals surface area contributed by atoms with Gasteiger partial charge in [0.05, 0.1) is 5.56 Å². The van der Waals surface area contributed by atoms with Crippen molar-refractivity contribution in [2.75, 3.05) is 4.72 Å². The molecule has 0 spiro atoms. The second-order valence-electron chi connectivity index (χ2n) is 9.91. The summed E-state index contributed by atoms with van der Waals surface area (Å²) in [7, 11) is -5.26. The van der Waals surface area contributed by atoms with E-state index in [1.165, 1.54) is 18.2 Å². The first-order valence-electron chi connectivity index (χ1n) is 12.5. The van der Waals surface area contributed by atoms with Gasteiger partial charge in [-0.05, 0) is 55.7 Å². The maximum Gasteiger partial charge on any atom is 0.343 e. The standard InChI is InChI=1S/C27H24F5NO5S/c28-20-21(29)23(31)26(24(32)22(20)30)39(36,37)33-15-7-5-6-14(12-15)18(13-10-11-13)19-25(34)16-8-3-1-2-4-9-17(16)38-27(19)35/h5-7,12-13,18,33-34H,1-4,8-11H2. The Morgan fingerprint density at radius 1 is 0.897 bits per heavy atom. The lowest BCUT2D eigenvalue weighted by molar-refractivity contribution is 0.358. The quantitative estimate of drug-likeness (QED) is 0.214. The van der Waals surface area contributed by atoms with Crippen molar-refractivity contribution >= 4 is 15.7 Å². The van der Waals surface area contributed by atoms with Crippen LogP contribution in [-0.4, -0.2) is 13.5 Å². The summed E-state index contributed by atoms with van der Waals surface area (Å²) in [5, 5.41) is 11.2. The van der Waals surface area contributed by atoms with Crippen LogP contribution in [0.1, 0.15) is 66.9 Å². The molecule has 208 valence electrons. The van der Waals surface area contributed by atoms with Crippen LogP contribution in [0, 0.1) is 35.0 Å². The van der Waals surface area contributed by atoms with Crippen molar-refractivity contribution in [1.29, 1.82) is 0 Å². The molecule has 0 radical (unpaired) electrons. The van der Waals surface area contributed by atoms with Crippen molar-refractivity contribution in [3.8, 4) is 5.75 Å². The predicted molar refractivity (Wildman–Crippen MR) is 131 cm³/mol. The third-order valence-corrected chi connectivity index (χ3v) is 8.63. The summed E-state index contributed by atoms with van der Waals surface area (Å²) in [6, 6.07) is 5.52. The molecule has 39 heavy (non-hydrogen) atoms. The van der Waals surface area contributed by atoms with Gasteiger partial charge >= 0.3 is 5.63 Å². The predicted octanol–water partition coefficient (Wildman–Crippen LogP) is 6.04. The van der Waals surface area contributed by atoms with Crippen LogP contribution in [0.25, 0.3) is 0 Å². The van der Waals surface area contributed by atoms with Crippen LogP contribution >= 0.6 is 0 Å². The van der Waals surface area contributed by atoms with E-state index < -0.39 is 55.5 Å². The van der Waals surface area contributed by atoms with Gasteiger partial charge in [0.1, 0.15) is 11.5 Å². The number of benzene rings is 2. The van der Waals surface area contributed by atoms with E-state index in [1.54, 1.807) is 6.07 Å². The molecule has 0 aliphatic heterocycles. The van der Waals surface area contributed by atoms with Gasteiger partial charge in [-0.15, -0.1) is 0 Å². The first kappa shape index (κ1) is 27.2. The van der Waals surface area contributed by atoms with Crippen molar-refractivity contribution in [3.63, 3.8) is 0 Å². The molecule has 1 atom stereocenters. The number of anilines is 1. The molecule has 3 aromatic rings. The van der Waals surface area contributed by atoms with E-state index in [-0.39, 0.29) is 22.9 Å². The van der Waals surface area contributed by atoms with Crippen LogP contribution in [0.2, 0.25) is 0 Å². The van der Waals surface area contributed by atoms with E-state index in [4.69, 9.17) is 4.42 Å². The number of nitrogens with one attached hydrogen (secondary N) is 1. The van der Waals surface area contributed by atoms with Crippen LogP contribution in [0.4, 0.5) is 27.6 Å². The molecule has 2 aromatic carbocycles. The fourth-order valence-electron chi connectivity index (χ4n) is 5.22. The Bertz CT molecular complexity index is 1590. The van der Waals surface area contributed by atoms with Gasteiger partial charge in [0.25, 0.3) is 10.0 Å². The summed E-state index contributed by atoms with van der Waals surface area (Å²) in [5.74, 6) is -12.7. The minimum absolute atomic E-state index is 0.0524. The molecule has 1 fully saturated rings. The van der Waals surface area contributed by atoms with Gasteiger partial charge in [-0.3, -0.25) is 4.72 Å². The maximum atomic E-state index is 14.2. The Balaban J connectivity index is 1.55. The first-order valence-corrected chi connectivity index (χ1v) is 14.0. The van der Waals surface area contributed by atoms with Crippen LogP contribution < -0.4 is 10.3 Å². The summed E-state index contributed by atoms with van der Waals surface area (Å²) in [6.45, 7) is 0. The van der Waals surface area contributed by atoms with Gasteiger partial charge in [0.15, 0.2) is 28.2 Å². The van der Waals surface area contributed by atoms with E-state index in [2.05, 4.69) is 0 Å². The fraction of sp³-hybridized carbons (Fsp3) is 0.370. The molecule has 0 bridgehead atoms. The Kier molecular flexibility index (Phi) is 7.17. The van der Waals surface area contributed by atoms with Crippen molar-refractivity contribution in [3.05, 3.63) is 86.2 Å². The van der Waals surface area contributed by atoms with Gasteiger partial charge in [-0.25, -0.2) is 35.2 Å². The zero-order chi connectivity index (χ0) is 28.1. The molecule has 2 N–H and O–H groups in total. The molecule has 1 aromatic heterocycles. The Morgan fingerprint density at radius 2 is 1.51 bits per heavy atom. The van der Waals surface area contributed by atoms with E-state index in [1.807, 2.05) is 4.72 Å². The van der Waals surface area contributed by atoms with Gasteiger partial charge in [-0.2, -0.15) is 0 Å². The second-order valence-corrected chi connectivity index (χ2v) is 11.5. The smallest absolute Gasteiger partial charge is 0.343 e. The number of rotatable bonds is 6. The van der Waals surface area contributed by atoms with Crippen molar-refractivity contribution in [1.82, 2.24) is 0 Å². The minimum Gasteiger partial charge on any atom is -0.507 e. The van der Waals surface area contributed by atoms with E-state index in [0.29, 0.717) is 29.7 Å². The molecule has 12 heteroatoms. The number of halogens is 5. The van der Waals surface area contributed by atoms with Gasteiger partial charge in [0.2, 0.25) is 5.82 Å².